The van der Waals surface area contributed by atoms with Crippen LogP contribution in [-0.2, 0) is 32.7 Å². The summed E-state index contributed by atoms with van der Waals surface area (Å²) in [6.45, 7) is 4.45. The van der Waals surface area contributed by atoms with Gasteiger partial charge in [-0.1, -0.05) is 299 Å². The summed E-state index contributed by atoms with van der Waals surface area (Å²) in [7, 11) is 1.49. The van der Waals surface area contributed by atoms with Crippen LogP contribution < -0.4 is 0 Å². The number of rotatable bonds is 65. The Kier molecular flexibility index (Phi) is 61.5. The first-order chi connectivity index (χ1) is 40.0. The van der Waals surface area contributed by atoms with Crippen molar-refractivity contribution < 1.29 is 42.1 Å². The summed E-state index contributed by atoms with van der Waals surface area (Å²) in [5.74, 6) is -0.788. The molecule has 2 atom stereocenters. The van der Waals surface area contributed by atoms with Crippen molar-refractivity contribution in [3.63, 3.8) is 0 Å². The highest BCUT2D eigenvalue weighted by Crippen LogP contribution is 2.43. The van der Waals surface area contributed by atoms with Crippen LogP contribution >= 0.6 is 7.82 Å². The van der Waals surface area contributed by atoms with Crippen molar-refractivity contribution in [1.29, 1.82) is 0 Å². The minimum Gasteiger partial charge on any atom is -0.462 e. The van der Waals surface area contributed by atoms with Gasteiger partial charge in [-0.05, 0) is 83.5 Å². The van der Waals surface area contributed by atoms with Crippen molar-refractivity contribution in [3.05, 3.63) is 60.8 Å². The van der Waals surface area contributed by atoms with Gasteiger partial charge in [0.2, 0.25) is 0 Å². The molecule has 0 bridgehead atoms. The zero-order valence-corrected chi connectivity index (χ0v) is 55.6. The number of esters is 2. The molecule has 0 rings (SSSR count). The van der Waals surface area contributed by atoms with Gasteiger partial charge in [0.1, 0.15) is 19.8 Å². The van der Waals surface area contributed by atoms with Gasteiger partial charge in [-0.15, -0.1) is 0 Å². The number of likely N-dealkylation sites (N-methyl/N-ethyl adjacent to an activating group) is 1. The number of carbonyl (C=O) groups is 2. The summed E-state index contributed by atoms with van der Waals surface area (Å²) >= 11 is 0. The van der Waals surface area contributed by atoms with Gasteiger partial charge >= 0.3 is 19.8 Å². The molecule has 0 saturated heterocycles. The Hall–Kier alpha value is -2.29. The van der Waals surface area contributed by atoms with Crippen LogP contribution in [-0.4, -0.2) is 74.9 Å². The molecule has 0 saturated carbocycles. The second kappa shape index (κ2) is 63.2. The number of quaternary nitrogens is 1. The van der Waals surface area contributed by atoms with E-state index in [-0.39, 0.29) is 32.0 Å². The lowest BCUT2D eigenvalue weighted by molar-refractivity contribution is -0.870. The van der Waals surface area contributed by atoms with E-state index in [2.05, 4.69) is 74.6 Å². The minimum atomic E-state index is -4.39. The number of phosphoric ester groups is 1. The van der Waals surface area contributed by atoms with E-state index >= 15 is 0 Å². The number of ether oxygens (including phenoxy) is 2. The number of hydrogen-bond acceptors (Lipinski definition) is 7. The van der Waals surface area contributed by atoms with Gasteiger partial charge in [-0.25, -0.2) is 4.57 Å². The van der Waals surface area contributed by atoms with Gasteiger partial charge in [0.25, 0.3) is 0 Å². The number of allylic oxidation sites excluding steroid dienone is 10. The van der Waals surface area contributed by atoms with Crippen LogP contribution in [0.1, 0.15) is 335 Å². The predicted octanol–water partition coefficient (Wildman–Crippen LogP) is 22.6. The fourth-order valence-electron chi connectivity index (χ4n) is 10.1. The zero-order chi connectivity index (χ0) is 59.8. The van der Waals surface area contributed by atoms with E-state index in [1.807, 2.05) is 21.1 Å². The van der Waals surface area contributed by atoms with Crippen LogP contribution in [0, 0.1) is 0 Å². The van der Waals surface area contributed by atoms with Crippen molar-refractivity contribution >= 4 is 19.8 Å². The highest BCUT2D eigenvalue weighted by atomic mass is 31.2. The average Bonchev–Trinajstić information content (AvgIpc) is 3.46. The predicted molar refractivity (Wildman–Crippen MR) is 353 cm³/mol. The molecular formula is C72H135NO8P+. The van der Waals surface area contributed by atoms with Crippen molar-refractivity contribution in [2.45, 2.75) is 341 Å². The molecule has 0 aromatic carbocycles. The van der Waals surface area contributed by atoms with Gasteiger partial charge in [0.15, 0.2) is 6.10 Å². The van der Waals surface area contributed by atoms with Gasteiger partial charge in [0.05, 0.1) is 27.7 Å². The van der Waals surface area contributed by atoms with E-state index in [4.69, 9.17) is 18.5 Å². The van der Waals surface area contributed by atoms with E-state index in [9.17, 15) is 19.0 Å². The van der Waals surface area contributed by atoms with Crippen molar-refractivity contribution in [1.82, 2.24) is 0 Å². The van der Waals surface area contributed by atoms with E-state index in [1.54, 1.807) is 0 Å². The third kappa shape index (κ3) is 66.8. The Morgan fingerprint density at radius 3 is 0.976 bits per heavy atom. The first-order valence-corrected chi connectivity index (χ1v) is 36.5. The zero-order valence-electron chi connectivity index (χ0n) is 54.7. The monoisotopic (exact) mass is 1170 g/mol. The molecule has 1 N–H and O–H groups in total. The largest absolute Gasteiger partial charge is 0.472 e. The standard InChI is InChI=1S/C72H134NO8P/c1-6-8-10-12-14-16-18-20-22-24-26-28-29-30-31-32-33-34-35-36-37-38-39-40-41-42-43-45-47-49-51-53-55-57-59-61-63-65-72(75)81-70(69-80-82(76,77)79-67-66-73(3,4)5)68-78-71(74)64-62-60-58-56-54-52-50-48-46-44-27-25-23-21-19-17-15-13-11-9-7-2/h18-21,24-27,29-30,70H,6-17,22-23,28,31-69H2,1-5H3/p+1/b20-18-,21-19-,26-24-,27-25-,30-29-. The fourth-order valence-corrected chi connectivity index (χ4v) is 10.9. The molecule has 480 valence electrons. The van der Waals surface area contributed by atoms with Gasteiger partial charge in [0, 0.05) is 12.8 Å². The third-order valence-electron chi connectivity index (χ3n) is 15.5. The molecule has 0 amide bonds. The molecule has 0 fully saturated rings. The smallest absolute Gasteiger partial charge is 0.462 e. The Balaban J connectivity index is 3.97. The minimum absolute atomic E-state index is 0.0316. The normalized spacial score (nSPS) is 13.5. The van der Waals surface area contributed by atoms with Crippen LogP contribution in [0.5, 0.6) is 0 Å². The molecule has 0 heterocycles. The van der Waals surface area contributed by atoms with Crippen LogP contribution in [0.25, 0.3) is 0 Å². The van der Waals surface area contributed by atoms with Gasteiger partial charge in [-0.3, -0.25) is 18.6 Å². The maximum atomic E-state index is 12.9. The Morgan fingerprint density at radius 2 is 0.659 bits per heavy atom. The summed E-state index contributed by atoms with van der Waals surface area (Å²) in [5, 5.41) is 0. The second-order valence-corrected chi connectivity index (χ2v) is 26.4. The molecule has 82 heavy (non-hydrogen) atoms. The first-order valence-electron chi connectivity index (χ1n) is 35.0. The molecular weight excluding hydrogens is 1040 g/mol. The van der Waals surface area contributed by atoms with E-state index < -0.39 is 26.5 Å². The lowest BCUT2D eigenvalue weighted by Gasteiger charge is -2.24. The Morgan fingerprint density at radius 1 is 0.378 bits per heavy atom. The van der Waals surface area contributed by atoms with Crippen LogP contribution in [0.15, 0.2) is 60.8 Å². The summed E-state index contributed by atoms with van der Waals surface area (Å²) in [6.07, 6.45) is 83.3. The summed E-state index contributed by atoms with van der Waals surface area (Å²) in [4.78, 5) is 35.8. The molecule has 0 aliphatic heterocycles. The van der Waals surface area contributed by atoms with Gasteiger partial charge in [-0.2, -0.15) is 0 Å². The van der Waals surface area contributed by atoms with Gasteiger partial charge < -0.3 is 18.9 Å². The molecule has 0 aliphatic carbocycles. The fraction of sp³-hybridized carbons (Fsp3) is 0.833. The topological polar surface area (TPSA) is 108 Å². The summed E-state index contributed by atoms with van der Waals surface area (Å²) in [5.41, 5.74) is 0. The van der Waals surface area contributed by atoms with E-state index in [0.717, 1.165) is 51.4 Å². The van der Waals surface area contributed by atoms with Crippen molar-refractivity contribution in [2.24, 2.45) is 0 Å². The molecule has 0 aromatic heterocycles. The van der Waals surface area contributed by atoms with E-state index in [0.29, 0.717) is 17.4 Å². The molecule has 0 spiro atoms. The highest BCUT2D eigenvalue weighted by molar-refractivity contribution is 7.47. The first kappa shape index (κ1) is 79.7. The lowest BCUT2D eigenvalue weighted by Crippen LogP contribution is -2.37. The number of hydrogen-bond donors (Lipinski definition) is 1. The molecule has 2 unspecified atom stereocenters. The number of nitrogens with zero attached hydrogens (tertiary/aromatic N) is 1. The lowest BCUT2D eigenvalue weighted by atomic mass is 10.0. The molecule has 0 radical (unpaired) electrons. The molecule has 9 nitrogen and oxygen atoms in total. The van der Waals surface area contributed by atoms with E-state index in [1.165, 1.54) is 250 Å². The maximum Gasteiger partial charge on any atom is 0.472 e. The number of phosphoric acid groups is 1. The number of carbonyl (C=O) groups excluding carboxylic acids is 2. The van der Waals surface area contributed by atoms with Crippen LogP contribution in [0.4, 0.5) is 0 Å². The third-order valence-corrected chi connectivity index (χ3v) is 16.5. The Bertz CT molecular complexity index is 1570. The highest BCUT2D eigenvalue weighted by Gasteiger charge is 2.27. The van der Waals surface area contributed by atoms with Crippen LogP contribution in [0.2, 0.25) is 0 Å². The maximum absolute atomic E-state index is 12.9. The van der Waals surface area contributed by atoms with Crippen molar-refractivity contribution in [3.8, 4) is 0 Å². The quantitative estimate of drug-likeness (QED) is 0.0211. The molecule has 10 heteroatoms. The SMILES string of the molecule is CCCCCCC/C=C\C/C=C\C/C=C\CCCCCCCCCCCCCCCCCCCCCCCCC(=O)OC(COC(=O)CCCCCCCCCCC/C=C\C/C=C\CCCCCCC)COP(=O)(O)OCC[N+](C)(C)C. The average molecular weight is 1170 g/mol. The summed E-state index contributed by atoms with van der Waals surface area (Å²) < 4.78 is 34.7. The Labute approximate surface area is 508 Å². The summed E-state index contributed by atoms with van der Waals surface area (Å²) in [6, 6.07) is 0. The number of unbranched alkanes of at least 4 members (excludes halogenated alkanes) is 41. The van der Waals surface area contributed by atoms with Crippen molar-refractivity contribution in [2.75, 3.05) is 47.5 Å². The second-order valence-electron chi connectivity index (χ2n) is 24.9. The molecule has 0 aromatic rings. The molecule has 0 aliphatic rings. The van der Waals surface area contributed by atoms with Crippen LogP contribution in [0.3, 0.4) is 0 Å².